The molecule has 3 nitrogen and oxygen atoms in total. The van der Waals surface area contributed by atoms with E-state index in [4.69, 9.17) is 0 Å². The number of anilines is 2. The van der Waals surface area contributed by atoms with Crippen molar-refractivity contribution in [1.29, 1.82) is 0 Å². The highest BCUT2D eigenvalue weighted by Crippen LogP contribution is 2.46. The summed E-state index contributed by atoms with van der Waals surface area (Å²) in [7, 11) is 0. The van der Waals surface area contributed by atoms with E-state index in [0.717, 1.165) is 42.0 Å². The minimum atomic E-state index is -0.0563. The molecular weight excluding hydrogens is 364 g/mol. The SMILES string of the molecule is O=C1CCCC2=C1[C@H](c1cccs1)N(Cc1ccccc1)c1ccccc1N2. The second-order valence-corrected chi connectivity index (χ2v) is 8.32. The van der Waals surface area contributed by atoms with Gasteiger partial charge in [-0.25, -0.2) is 0 Å². The van der Waals surface area contributed by atoms with Crippen LogP contribution in [0.2, 0.25) is 0 Å². The molecular formula is C24H22N2OS. The maximum absolute atomic E-state index is 13.1. The molecule has 1 atom stereocenters. The van der Waals surface area contributed by atoms with Crippen molar-refractivity contribution in [3.63, 3.8) is 0 Å². The lowest BCUT2D eigenvalue weighted by Crippen LogP contribution is -2.32. The van der Waals surface area contributed by atoms with E-state index in [9.17, 15) is 4.79 Å². The fraction of sp³-hybridized carbons (Fsp3) is 0.208. The Bertz CT molecular complexity index is 1020. The minimum absolute atomic E-state index is 0.0563. The molecule has 0 amide bonds. The molecule has 2 heterocycles. The maximum Gasteiger partial charge on any atom is 0.163 e. The number of Topliss-reactive ketones (excluding diaryl/α,β-unsaturated/α-hetero) is 1. The van der Waals surface area contributed by atoms with Crippen molar-refractivity contribution in [2.75, 3.05) is 10.2 Å². The molecule has 0 unspecified atom stereocenters. The van der Waals surface area contributed by atoms with E-state index in [1.54, 1.807) is 11.3 Å². The lowest BCUT2D eigenvalue weighted by molar-refractivity contribution is -0.116. The van der Waals surface area contributed by atoms with Gasteiger partial charge in [0, 0.05) is 29.1 Å². The molecule has 2 aromatic carbocycles. The number of allylic oxidation sites excluding steroid dienone is 1. The topological polar surface area (TPSA) is 32.3 Å². The van der Waals surface area contributed by atoms with Crippen LogP contribution >= 0.6 is 11.3 Å². The van der Waals surface area contributed by atoms with Gasteiger partial charge in [-0.3, -0.25) is 4.79 Å². The van der Waals surface area contributed by atoms with Gasteiger partial charge in [-0.2, -0.15) is 0 Å². The van der Waals surface area contributed by atoms with Crippen molar-refractivity contribution in [2.24, 2.45) is 0 Å². The van der Waals surface area contributed by atoms with Gasteiger partial charge in [-0.05, 0) is 42.0 Å². The third-order valence-corrected chi connectivity index (χ3v) is 6.47. The van der Waals surface area contributed by atoms with Crippen LogP contribution in [0.5, 0.6) is 0 Å². The fourth-order valence-corrected chi connectivity index (χ4v) is 5.14. The molecule has 3 aromatic rings. The molecule has 0 saturated heterocycles. The Morgan fingerprint density at radius 2 is 1.79 bits per heavy atom. The molecule has 2 aliphatic rings. The summed E-state index contributed by atoms with van der Waals surface area (Å²) in [6, 6.07) is 23.1. The summed E-state index contributed by atoms with van der Waals surface area (Å²) in [4.78, 5) is 16.7. The summed E-state index contributed by atoms with van der Waals surface area (Å²) in [5, 5.41) is 5.73. The van der Waals surface area contributed by atoms with Gasteiger partial charge in [0.05, 0.1) is 17.4 Å². The molecule has 4 heteroatoms. The second-order valence-electron chi connectivity index (χ2n) is 7.34. The van der Waals surface area contributed by atoms with Gasteiger partial charge < -0.3 is 10.2 Å². The van der Waals surface area contributed by atoms with Crippen LogP contribution in [0.1, 0.15) is 35.7 Å². The Labute approximate surface area is 169 Å². The van der Waals surface area contributed by atoms with E-state index in [1.165, 1.54) is 10.4 Å². The van der Waals surface area contributed by atoms with Crippen molar-refractivity contribution in [3.8, 4) is 0 Å². The number of carbonyl (C=O) groups excluding carboxylic acids is 1. The summed E-state index contributed by atoms with van der Waals surface area (Å²) in [6.45, 7) is 0.756. The number of hydrogen-bond acceptors (Lipinski definition) is 4. The molecule has 0 radical (unpaired) electrons. The molecule has 0 spiro atoms. The average molecular weight is 387 g/mol. The summed E-state index contributed by atoms with van der Waals surface area (Å²) >= 11 is 1.73. The first-order valence-corrected chi connectivity index (χ1v) is 10.7. The van der Waals surface area contributed by atoms with Gasteiger partial charge in [0.25, 0.3) is 0 Å². The predicted octanol–water partition coefficient (Wildman–Crippen LogP) is 5.93. The highest BCUT2D eigenvalue weighted by Gasteiger charge is 2.37. The monoisotopic (exact) mass is 386 g/mol. The second kappa shape index (κ2) is 7.28. The average Bonchev–Trinajstić information content (AvgIpc) is 3.21. The Morgan fingerprint density at radius 3 is 2.61 bits per heavy atom. The Balaban J connectivity index is 1.72. The highest BCUT2D eigenvalue weighted by atomic mass is 32.1. The number of benzene rings is 2. The maximum atomic E-state index is 13.1. The van der Waals surface area contributed by atoms with Crippen LogP contribution in [-0.2, 0) is 11.3 Å². The smallest absolute Gasteiger partial charge is 0.163 e. The molecule has 1 aliphatic heterocycles. The number of nitrogens with zero attached hydrogens (tertiary/aromatic N) is 1. The molecule has 1 aliphatic carbocycles. The van der Waals surface area contributed by atoms with E-state index < -0.39 is 0 Å². The Hall–Kier alpha value is -2.85. The van der Waals surface area contributed by atoms with Gasteiger partial charge in [0.2, 0.25) is 0 Å². The molecule has 0 fully saturated rings. The summed E-state index contributed by atoms with van der Waals surface area (Å²) in [6.07, 6.45) is 2.48. The van der Waals surface area contributed by atoms with Crippen molar-refractivity contribution >= 4 is 28.5 Å². The third-order valence-electron chi connectivity index (χ3n) is 5.55. The van der Waals surface area contributed by atoms with E-state index >= 15 is 0 Å². The van der Waals surface area contributed by atoms with Gasteiger partial charge in [0.15, 0.2) is 5.78 Å². The first-order valence-electron chi connectivity index (χ1n) is 9.77. The van der Waals surface area contributed by atoms with E-state index in [-0.39, 0.29) is 11.8 Å². The molecule has 1 N–H and O–H groups in total. The standard InChI is InChI=1S/C24H22N2OS/c27-21-13-6-11-19-23(21)24(22-14-7-15-28-22)26(16-17-8-2-1-3-9-17)20-12-5-4-10-18(20)25-19/h1-5,7-10,12,14-15,24-25H,6,11,13,16H2/t24-/m0/s1. The minimum Gasteiger partial charge on any atom is -0.357 e. The van der Waals surface area contributed by atoms with Crippen LogP contribution in [0, 0.1) is 0 Å². The first kappa shape index (κ1) is 17.3. The van der Waals surface area contributed by atoms with Gasteiger partial charge >= 0.3 is 0 Å². The predicted molar refractivity (Wildman–Crippen MR) is 116 cm³/mol. The number of nitrogens with one attached hydrogen (secondary N) is 1. The number of fused-ring (bicyclic) bond motifs is 1. The Morgan fingerprint density at radius 1 is 0.964 bits per heavy atom. The van der Waals surface area contributed by atoms with E-state index in [2.05, 4.69) is 76.3 Å². The molecule has 140 valence electrons. The number of ketones is 1. The number of para-hydroxylation sites is 2. The van der Waals surface area contributed by atoms with Crippen LogP contribution in [-0.4, -0.2) is 5.78 Å². The van der Waals surface area contributed by atoms with Crippen molar-refractivity contribution in [1.82, 2.24) is 0 Å². The summed E-state index contributed by atoms with van der Waals surface area (Å²) < 4.78 is 0. The van der Waals surface area contributed by atoms with Crippen LogP contribution in [0.15, 0.2) is 83.4 Å². The first-order chi connectivity index (χ1) is 13.8. The molecule has 1 aromatic heterocycles. The molecule has 28 heavy (non-hydrogen) atoms. The van der Waals surface area contributed by atoms with Crippen molar-refractivity contribution in [2.45, 2.75) is 31.8 Å². The van der Waals surface area contributed by atoms with Crippen molar-refractivity contribution in [3.05, 3.63) is 93.8 Å². The zero-order valence-electron chi connectivity index (χ0n) is 15.6. The third kappa shape index (κ3) is 3.04. The Kier molecular flexibility index (Phi) is 4.49. The van der Waals surface area contributed by atoms with E-state index in [0.29, 0.717) is 6.42 Å². The zero-order valence-corrected chi connectivity index (χ0v) is 16.4. The summed E-state index contributed by atoms with van der Waals surface area (Å²) in [5.74, 6) is 0.276. The number of rotatable bonds is 3. The zero-order chi connectivity index (χ0) is 18.9. The van der Waals surface area contributed by atoms with Crippen LogP contribution in [0.25, 0.3) is 0 Å². The van der Waals surface area contributed by atoms with Crippen LogP contribution in [0.3, 0.4) is 0 Å². The van der Waals surface area contributed by atoms with Gasteiger partial charge in [-0.15, -0.1) is 11.3 Å². The normalized spacial score (nSPS) is 18.9. The molecule has 5 rings (SSSR count). The lowest BCUT2D eigenvalue weighted by atomic mass is 9.88. The fourth-order valence-electron chi connectivity index (χ4n) is 4.30. The van der Waals surface area contributed by atoms with Gasteiger partial charge in [0.1, 0.15) is 0 Å². The quantitative estimate of drug-likeness (QED) is 0.606. The van der Waals surface area contributed by atoms with Gasteiger partial charge in [-0.1, -0.05) is 48.5 Å². The van der Waals surface area contributed by atoms with E-state index in [1.807, 2.05) is 6.07 Å². The number of thiophene rings is 1. The summed E-state index contributed by atoms with van der Waals surface area (Å²) in [5.41, 5.74) is 5.51. The number of hydrogen-bond donors (Lipinski definition) is 1. The number of carbonyl (C=O) groups is 1. The highest BCUT2D eigenvalue weighted by molar-refractivity contribution is 7.10. The largest absolute Gasteiger partial charge is 0.357 e. The molecule has 0 bridgehead atoms. The van der Waals surface area contributed by atoms with Crippen molar-refractivity contribution < 1.29 is 4.79 Å². The van der Waals surface area contributed by atoms with Crippen LogP contribution in [0.4, 0.5) is 11.4 Å². The van der Waals surface area contributed by atoms with Crippen LogP contribution < -0.4 is 10.2 Å². The molecule has 0 saturated carbocycles. The lowest BCUT2D eigenvalue weighted by Gasteiger charge is -2.34.